The smallest absolute Gasteiger partial charge is 0.235 e. The van der Waals surface area contributed by atoms with Crippen LogP contribution >= 0.6 is 22.9 Å². The van der Waals surface area contributed by atoms with E-state index in [4.69, 9.17) is 11.6 Å². The Hall–Kier alpha value is -1.04. The van der Waals surface area contributed by atoms with Gasteiger partial charge in [0.05, 0.1) is 15.8 Å². The molecule has 3 heterocycles. The summed E-state index contributed by atoms with van der Waals surface area (Å²) < 4.78 is 0.747. The normalized spacial score (nSPS) is 31.5. The Bertz CT molecular complexity index is 558. The highest BCUT2D eigenvalue weighted by Crippen LogP contribution is 2.44. The maximum Gasteiger partial charge on any atom is 0.235 e. The Morgan fingerprint density at radius 3 is 2.89 bits per heavy atom. The molecule has 0 aromatic carbocycles. The van der Waals surface area contributed by atoms with Crippen molar-refractivity contribution in [3.05, 3.63) is 33.7 Å². The van der Waals surface area contributed by atoms with E-state index in [1.54, 1.807) is 11.9 Å². The number of halogens is 1. The van der Waals surface area contributed by atoms with Gasteiger partial charge in [0.25, 0.3) is 0 Å². The van der Waals surface area contributed by atoms with Crippen molar-refractivity contribution in [2.24, 2.45) is 5.92 Å². The van der Waals surface area contributed by atoms with Crippen molar-refractivity contribution in [2.45, 2.75) is 5.54 Å². The van der Waals surface area contributed by atoms with Gasteiger partial charge in [-0.15, -0.1) is 11.3 Å². The van der Waals surface area contributed by atoms with Gasteiger partial charge in [-0.25, -0.2) is 0 Å². The SMILES string of the molecule is C=C1N[C@@]2(c3ccc(Cl)s3)CN(C)C[C@H]2C(=O)N1C. The number of carbonyl (C=O) groups excluding carboxylic acids is 1. The second-order valence-corrected chi connectivity index (χ2v) is 7.01. The van der Waals surface area contributed by atoms with E-state index in [1.807, 2.05) is 19.2 Å². The molecule has 1 aromatic heterocycles. The van der Waals surface area contributed by atoms with Gasteiger partial charge in [0, 0.05) is 25.0 Å². The Labute approximate surface area is 121 Å². The van der Waals surface area contributed by atoms with Crippen LogP contribution in [0, 0.1) is 5.92 Å². The summed E-state index contributed by atoms with van der Waals surface area (Å²) in [6, 6.07) is 3.90. The van der Waals surface area contributed by atoms with Crippen molar-refractivity contribution in [3.63, 3.8) is 0 Å². The summed E-state index contributed by atoms with van der Waals surface area (Å²) in [5, 5.41) is 3.45. The summed E-state index contributed by atoms with van der Waals surface area (Å²) >= 11 is 7.60. The van der Waals surface area contributed by atoms with Crippen molar-refractivity contribution >= 4 is 28.8 Å². The Kier molecular flexibility index (Phi) is 2.89. The average Bonchev–Trinajstić information content (AvgIpc) is 2.91. The van der Waals surface area contributed by atoms with E-state index in [1.165, 1.54) is 11.3 Å². The number of nitrogens with zero attached hydrogens (tertiary/aromatic N) is 2. The van der Waals surface area contributed by atoms with E-state index < -0.39 is 0 Å². The molecule has 102 valence electrons. The number of hydrogen-bond donors (Lipinski definition) is 1. The minimum Gasteiger partial charge on any atom is -0.359 e. The van der Waals surface area contributed by atoms with Crippen molar-refractivity contribution in [1.82, 2.24) is 15.1 Å². The fraction of sp³-hybridized carbons (Fsp3) is 0.462. The predicted molar refractivity (Wildman–Crippen MR) is 77.0 cm³/mol. The lowest BCUT2D eigenvalue weighted by Gasteiger charge is -2.43. The van der Waals surface area contributed by atoms with Gasteiger partial charge in [0.2, 0.25) is 5.91 Å². The predicted octanol–water partition coefficient (Wildman–Crippen LogP) is 1.69. The van der Waals surface area contributed by atoms with Gasteiger partial charge in [0.1, 0.15) is 5.82 Å². The van der Waals surface area contributed by atoms with Crippen LogP contribution in [-0.2, 0) is 10.3 Å². The van der Waals surface area contributed by atoms with E-state index in [-0.39, 0.29) is 17.4 Å². The highest BCUT2D eigenvalue weighted by molar-refractivity contribution is 7.16. The second-order valence-electron chi connectivity index (χ2n) is 5.29. The van der Waals surface area contributed by atoms with Gasteiger partial charge in [-0.1, -0.05) is 18.2 Å². The number of rotatable bonds is 1. The molecule has 1 aromatic rings. The molecule has 0 spiro atoms. The molecule has 2 saturated heterocycles. The minimum absolute atomic E-state index is 0.0947. The standard InChI is InChI=1S/C13H16ClN3OS/c1-8-15-13(10-4-5-11(14)19-10)7-16(2)6-9(13)12(18)17(8)3/h4-5,9,15H,1,6-7H2,2-3H3/t9-,13-/m0/s1. The first-order valence-electron chi connectivity index (χ1n) is 6.13. The monoisotopic (exact) mass is 297 g/mol. The summed E-state index contributed by atoms with van der Waals surface area (Å²) in [7, 11) is 3.80. The van der Waals surface area contributed by atoms with Crippen LogP contribution < -0.4 is 5.32 Å². The molecule has 1 amide bonds. The maximum atomic E-state index is 12.5. The number of likely N-dealkylation sites (N-methyl/N-ethyl adjacent to an activating group) is 1. The number of fused-ring (bicyclic) bond motifs is 1. The van der Waals surface area contributed by atoms with Crippen LogP contribution in [0.4, 0.5) is 0 Å². The number of thiophene rings is 1. The summed E-state index contributed by atoms with van der Waals surface area (Å²) in [6.07, 6.45) is 0. The lowest BCUT2D eigenvalue weighted by molar-refractivity contribution is -0.137. The third-order valence-electron chi connectivity index (χ3n) is 4.02. The van der Waals surface area contributed by atoms with Gasteiger partial charge < -0.3 is 15.1 Å². The van der Waals surface area contributed by atoms with E-state index in [0.717, 1.165) is 22.3 Å². The van der Waals surface area contributed by atoms with Crippen molar-refractivity contribution in [2.75, 3.05) is 27.2 Å². The zero-order valence-electron chi connectivity index (χ0n) is 10.9. The number of carbonyl (C=O) groups is 1. The molecule has 2 fully saturated rings. The highest BCUT2D eigenvalue weighted by Gasteiger charge is 2.55. The van der Waals surface area contributed by atoms with E-state index in [9.17, 15) is 4.79 Å². The lowest BCUT2D eigenvalue weighted by Crippen LogP contribution is -2.60. The average molecular weight is 298 g/mol. The largest absolute Gasteiger partial charge is 0.359 e. The molecule has 4 nitrogen and oxygen atoms in total. The molecule has 0 bridgehead atoms. The Balaban J connectivity index is 2.10. The summed E-state index contributed by atoms with van der Waals surface area (Å²) in [4.78, 5) is 17.4. The van der Waals surface area contributed by atoms with Crippen LogP contribution in [0.5, 0.6) is 0 Å². The maximum absolute atomic E-state index is 12.5. The molecule has 0 aliphatic carbocycles. The Morgan fingerprint density at radius 1 is 1.53 bits per heavy atom. The number of hydrogen-bond acceptors (Lipinski definition) is 4. The number of nitrogens with one attached hydrogen (secondary N) is 1. The van der Waals surface area contributed by atoms with Crippen LogP contribution in [0.1, 0.15) is 4.88 Å². The molecule has 1 N–H and O–H groups in total. The molecule has 2 atom stereocenters. The number of likely N-dealkylation sites (tertiary alicyclic amines) is 1. The van der Waals surface area contributed by atoms with E-state index >= 15 is 0 Å². The van der Waals surface area contributed by atoms with Crippen LogP contribution in [0.15, 0.2) is 24.5 Å². The molecule has 19 heavy (non-hydrogen) atoms. The summed E-state index contributed by atoms with van der Waals surface area (Å²) in [5.74, 6) is 0.682. The van der Waals surface area contributed by atoms with Crippen LogP contribution in [0.3, 0.4) is 0 Å². The first kappa shape index (κ1) is 13.0. The summed E-state index contributed by atoms with van der Waals surface area (Å²) in [6.45, 7) is 5.49. The van der Waals surface area contributed by atoms with Crippen LogP contribution in [-0.4, -0.2) is 42.9 Å². The zero-order chi connectivity index (χ0) is 13.8. The number of amides is 1. The summed E-state index contributed by atoms with van der Waals surface area (Å²) in [5.41, 5.74) is -0.382. The molecule has 6 heteroatoms. The molecule has 2 aliphatic rings. The molecule has 0 saturated carbocycles. The van der Waals surface area contributed by atoms with Crippen molar-refractivity contribution in [1.29, 1.82) is 0 Å². The molecular weight excluding hydrogens is 282 g/mol. The third kappa shape index (κ3) is 1.80. The van der Waals surface area contributed by atoms with E-state index in [2.05, 4.69) is 16.8 Å². The van der Waals surface area contributed by atoms with E-state index in [0.29, 0.717) is 5.82 Å². The van der Waals surface area contributed by atoms with Crippen LogP contribution in [0.2, 0.25) is 4.34 Å². The van der Waals surface area contributed by atoms with Gasteiger partial charge in [-0.05, 0) is 19.2 Å². The molecule has 0 radical (unpaired) electrons. The van der Waals surface area contributed by atoms with Gasteiger partial charge in [-0.2, -0.15) is 0 Å². The minimum atomic E-state index is -0.382. The van der Waals surface area contributed by atoms with Crippen LogP contribution in [0.25, 0.3) is 0 Å². The fourth-order valence-corrected chi connectivity index (χ4v) is 4.29. The quantitative estimate of drug-likeness (QED) is 0.857. The molecule has 0 unspecified atom stereocenters. The van der Waals surface area contributed by atoms with Crippen molar-refractivity contribution < 1.29 is 4.79 Å². The van der Waals surface area contributed by atoms with Gasteiger partial charge >= 0.3 is 0 Å². The van der Waals surface area contributed by atoms with Crippen molar-refractivity contribution in [3.8, 4) is 0 Å². The second kappa shape index (κ2) is 4.23. The molecular formula is C13H16ClN3OS. The lowest BCUT2D eigenvalue weighted by atomic mass is 9.82. The first-order chi connectivity index (χ1) is 8.94. The highest BCUT2D eigenvalue weighted by atomic mass is 35.5. The van der Waals surface area contributed by atoms with Gasteiger partial charge in [-0.3, -0.25) is 4.79 Å². The fourth-order valence-electron chi connectivity index (χ4n) is 3.06. The molecule has 3 rings (SSSR count). The molecule has 2 aliphatic heterocycles. The van der Waals surface area contributed by atoms with Gasteiger partial charge in [0.15, 0.2) is 0 Å². The topological polar surface area (TPSA) is 35.6 Å². The Morgan fingerprint density at radius 2 is 2.26 bits per heavy atom. The third-order valence-corrected chi connectivity index (χ3v) is 5.43. The zero-order valence-corrected chi connectivity index (χ0v) is 12.5. The first-order valence-corrected chi connectivity index (χ1v) is 7.32.